The predicted octanol–water partition coefficient (Wildman–Crippen LogP) is 1.08. The molecule has 1 aromatic heterocycles. The lowest BCUT2D eigenvalue weighted by Gasteiger charge is -2.08. The van der Waals surface area contributed by atoms with Gasteiger partial charge in [0.1, 0.15) is 6.04 Å². The van der Waals surface area contributed by atoms with Crippen LogP contribution in [-0.4, -0.2) is 28.6 Å². The zero-order valence-corrected chi connectivity index (χ0v) is 8.81. The number of rotatable bonds is 6. The van der Waals surface area contributed by atoms with E-state index < -0.39 is 12.0 Å². The standard InChI is InChI=1S/C11H16N2O2/c1-9(11(14)15)13-7-3-5-10-4-2-6-12-8-10/h2,4,6,8-9,13H,3,5,7H2,1H3,(H,14,15)/t9-/m0/s1. The second kappa shape index (κ2) is 6.14. The van der Waals surface area contributed by atoms with Crippen LogP contribution in [0.15, 0.2) is 24.5 Å². The Kier molecular flexibility index (Phi) is 4.77. The molecule has 0 saturated carbocycles. The van der Waals surface area contributed by atoms with Crippen LogP contribution in [0, 0.1) is 0 Å². The average molecular weight is 208 g/mol. The molecule has 0 aliphatic rings. The molecule has 0 amide bonds. The Morgan fingerprint density at radius 1 is 1.67 bits per heavy atom. The van der Waals surface area contributed by atoms with Crippen molar-refractivity contribution in [1.82, 2.24) is 10.3 Å². The van der Waals surface area contributed by atoms with Gasteiger partial charge in [-0.05, 0) is 37.9 Å². The van der Waals surface area contributed by atoms with Crippen LogP contribution in [0.2, 0.25) is 0 Å². The smallest absolute Gasteiger partial charge is 0.320 e. The number of aliphatic carboxylic acids is 1. The van der Waals surface area contributed by atoms with Gasteiger partial charge in [-0.2, -0.15) is 0 Å². The van der Waals surface area contributed by atoms with Gasteiger partial charge in [0.15, 0.2) is 0 Å². The molecule has 0 aliphatic heterocycles. The molecule has 4 heteroatoms. The fraction of sp³-hybridized carbons (Fsp3) is 0.455. The van der Waals surface area contributed by atoms with Gasteiger partial charge in [0.25, 0.3) is 0 Å². The fourth-order valence-electron chi connectivity index (χ4n) is 1.24. The summed E-state index contributed by atoms with van der Waals surface area (Å²) in [6, 6.07) is 3.45. The Bertz CT molecular complexity index is 301. The van der Waals surface area contributed by atoms with Crippen LogP contribution in [0.3, 0.4) is 0 Å². The Balaban J connectivity index is 2.15. The van der Waals surface area contributed by atoms with Crippen LogP contribution < -0.4 is 5.32 Å². The van der Waals surface area contributed by atoms with Gasteiger partial charge in [-0.3, -0.25) is 9.78 Å². The van der Waals surface area contributed by atoms with Crippen LogP contribution in [0.1, 0.15) is 18.9 Å². The summed E-state index contributed by atoms with van der Waals surface area (Å²) in [5, 5.41) is 11.6. The Hall–Kier alpha value is -1.42. The summed E-state index contributed by atoms with van der Waals surface area (Å²) in [5.41, 5.74) is 1.18. The number of hydrogen-bond acceptors (Lipinski definition) is 3. The van der Waals surface area contributed by atoms with Crippen molar-refractivity contribution < 1.29 is 9.90 Å². The number of carboxylic acids is 1. The number of pyridine rings is 1. The summed E-state index contributed by atoms with van der Waals surface area (Å²) in [4.78, 5) is 14.5. The van der Waals surface area contributed by atoms with E-state index in [1.807, 2.05) is 18.3 Å². The third-order valence-corrected chi connectivity index (χ3v) is 2.19. The van der Waals surface area contributed by atoms with Crippen LogP contribution in [0.25, 0.3) is 0 Å². The molecule has 1 heterocycles. The summed E-state index contributed by atoms with van der Waals surface area (Å²) in [5.74, 6) is -0.809. The lowest BCUT2D eigenvalue weighted by molar-refractivity contribution is -0.138. The van der Waals surface area contributed by atoms with Gasteiger partial charge in [0, 0.05) is 12.4 Å². The molecule has 2 N–H and O–H groups in total. The van der Waals surface area contributed by atoms with E-state index in [1.54, 1.807) is 13.1 Å². The minimum atomic E-state index is -0.809. The van der Waals surface area contributed by atoms with E-state index in [2.05, 4.69) is 10.3 Å². The van der Waals surface area contributed by atoms with E-state index in [-0.39, 0.29) is 0 Å². The Morgan fingerprint density at radius 2 is 2.47 bits per heavy atom. The molecule has 4 nitrogen and oxygen atoms in total. The molecule has 0 saturated heterocycles. The first-order valence-corrected chi connectivity index (χ1v) is 5.05. The molecule has 0 aromatic carbocycles. The second-order valence-corrected chi connectivity index (χ2v) is 3.48. The number of carboxylic acid groups (broad SMARTS) is 1. The highest BCUT2D eigenvalue weighted by atomic mass is 16.4. The predicted molar refractivity (Wildman–Crippen MR) is 57.7 cm³/mol. The van der Waals surface area contributed by atoms with E-state index in [1.165, 1.54) is 5.56 Å². The van der Waals surface area contributed by atoms with Gasteiger partial charge in [-0.15, -0.1) is 0 Å². The highest BCUT2D eigenvalue weighted by Gasteiger charge is 2.08. The molecule has 1 rings (SSSR count). The van der Waals surface area contributed by atoms with E-state index >= 15 is 0 Å². The second-order valence-electron chi connectivity index (χ2n) is 3.48. The number of aryl methyl sites for hydroxylation is 1. The Morgan fingerprint density at radius 3 is 3.07 bits per heavy atom. The van der Waals surface area contributed by atoms with Crippen molar-refractivity contribution in [2.24, 2.45) is 0 Å². The zero-order chi connectivity index (χ0) is 11.1. The van der Waals surface area contributed by atoms with E-state index in [0.717, 1.165) is 12.8 Å². The van der Waals surface area contributed by atoms with E-state index in [9.17, 15) is 4.79 Å². The topological polar surface area (TPSA) is 62.2 Å². The van der Waals surface area contributed by atoms with Crippen LogP contribution in [-0.2, 0) is 11.2 Å². The summed E-state index contributed by atoms with van der Waals surface area (Å²) in [6.45, 7) is 2.36. The zero-order valence-electron chi connectivity index (χ0n) is 8.81. The molecule has 0 unspecified atom stereocenters. The Labute approximate surface area is 89.3 Å². The number of carbonyl (C=O) groups is 1. The molecule has 0 fully saturated rings. The molecule has 0 aliphatic carbocycles. The molecule has 0 spiro atoms. The van der Waals surface area contributed by atoms with Gasteiger partial charge in [-0.1, -0.05) is 6.07 Å². The number of nitrogens with one attached hydrogen (secondary N) is 1. The lowest BCUT2D eigenvalue weighted by atomic mass is 10.1. The molecular weight excluding hydrogens is 192 g/mol. The van der Waals surface area contributed by atoms with E-state index in [4.69, 9.17) is 5.11 Å². The summed E-state index contributed by atoms with van der Waals surface area (Å²) in [7, 11) is 0. The van der Waals surface area contributed by atoms with Crippen molar-refractivity contribution in [2.45, 2.75) is 25.8 Å². The van der Waals surface area contributed by atoms with Crippen molar-refractivity contribution in [3.63, 3.8) is 0 Å². The van der Waals surface area contributed by atoms with Crippen LogP contribution >= 0.6 is 0 Å². The normalized spacial score (nSPS) is 12.3. The van der Waals surface area contributed by atoms with E-state index in [0.29, 0.717) is 6.54 Å². The average Bonchev–Trinajstić information content (AvgIpc) is 2.25. The SMILES string of the molecule is C[C@H](NCCCc1cccnc1)C(=O)O. The van der Waals surface area contributed by atoms with Crippen molar-refractivity contribution in [3.8, 4) is 0 Å². The van der Waals surface area contributed by atoms with Gasteiger partial charge >= 0.3 is 5.97 Å². The first-order chi connectivity index (χ1) is 7.20. The van der Waals surface area contributed by atoms with Gasteiger partial charge < -0.3 is 10.4 Å². The number of aromatic nitrogens is 1. The third kappa shape index (κ3) is 4.56. The molecule has 0 radical (unpaired) electrons. The molecule has 15 heavy (non-hydrogen) atoms. The first-order valence-electron chi connectivity index (χ1n) is 5.05. The molecule has 1 atom stereocenters. The largest absolute Gasteiger partial charge is 0.480 e. The molecular formula is C11H16N2O2. The van der Waals surface area contributed by atoms with Crippen molar-refractivity contribution in [3.05, 3.63) is 30.1 Å². The highest BCUT2D eigenvalue weighted by Crippen LogP contribution is 1.99. The minimum absolute atomic E-state index is 0.473. The monoisotopic (exact) mass is 208 g/mol. The first kappa shape index (κ1) is 11.7. The minimum Gasteiger partial charge on any atom is -0.480 e. The van der Waals surface area contributed by atoms with Crippen molar-refractivity contribution in [2.75, 3.05) is 6.54 Å². The highest BCUT2D eigenvalue weighted by molar-refractivity contribution is 5.72. The van der Waals surface area contributed by atoms with Crippen molar-refractivity contribution >= 4 is 5.97 Å². The molecule has 82 valence electrons. The van der Waals surface area contributed by atoms with Crippen LogP contribution in [0.5, 0.6) is 0 Å². The fourth-order valence-corrected chi connectivity index (χ4v) is 1.24. The third-order valence-electron chi connectivity index (χ3n) is 2.19. The summed E-state index contributed by atoms with van der Waals surface area (Å²) >= 11 is 0. The van der Waals surface area contributed by atoms with Gasteiger partial charge in [0.2, 0.25) is 0 Å². The molecule has 1 aromatic rings. The maximum Gasteiger partial charge on any atom is 0.320 e. The molecule has 0 bridgehead atoms. The maximum absolute atomic E-state index is 10.5. The van der Waals surface area contributed by atoms with Gasteiger partial charge in [-0.25, -0.2) is 0 Å². The van der Waals surface area contributed by atoms with Gasteiger partial charge in [0.05, 0.1) is 0 Å². The summed E-state index contributed by atoms with van der Waals surface area (Å²) in [6.07, 6.45) is 5.42. The van der Waals surface area contributed by atoms with Crippen molar-refractivity contribution in [1.29, 1.82) is 0 Å². The quantitative estimate of drug-likeness (QED) is 0.687. The number of nitrogens with zero attached hydrogens (tertiary/aromatic N) is 1. The van der Waals surface area contributed by atoms with Crippen LogP contribution in [0.4, 0.5) is 0 Å². The number of hydrogen-bond donors (Lipinski definition) is 2. The maximum atomic E-state index is 10.5. The lowest BCUT2D eigenvalue weighted by Crippen LogP contribution is -2.34. The summed E-state index contributed by atoms with van der Waals surface area (Å²) < 4.78 is 0.